The fourth-order valence-electron chi connectivity index (χ4n) is 3.17. The van der Waals surface area contributed by atoms with Crippen LogP contribution in [0.1, 0.15) is 32.6 Å². The van der Waals surface area contributed by atoms with E-state index in [0.717, 1.165) is 25.9 Å². The van der Waals surface area contributed by atoms with Crippen molar-refractivity contribution in [3.8, 4) is 0 Å². The standard InChI is InChI=1S/C13H24N2O3.ClH/c1-3-18-11-7-10(13(11)5-4-6-13)15-12(16)9(14)8-17-2;/h9-11H,3-8,14H2,1-2H3,(H,15,16);1H. The Morgan fingerprint density at radius 1 is 1.53 bits per heavy atom. The van der Waals surface area contributed by atoms with Gasteiger partial charge in [-0.25, -0.2) is 0 Å². The average Bonchev–Trinajstić information content (AvgIpc) is 2.25. The lowest BCUT2D eigenvalue weighted by Gasteiger charge is -2.61. The fourth-order valence-corrected chi connectivity index (χ4v) is 3.17. The number of nitrogens with two attached hydrogens (primary N) is 1. The van der Waals surface area contributed by atoms with Crippen LogP contribution in [0.5, 0.6) is 0 Å². The summed E-state index contributed by atoms with van der Waals surface area (Å²) >= 11 is 0. The summed E-state index contributed by atoms with van der Waals surface area (Å²) in [5.74, 6) is -0.108. The maximum atomic E-state index is 11.9. The van der Waals surface area contributed by atoms with E-state index in [9.17, 15) is 4.79 Å². The highest BCUT2D eigenvalue weighted by Gasteiger charge is 2.59. The number of halogens is 1. The van der Waals surface area contributed by atoms with Gasteiger partial charge in [0.2, 0.25) is 5.91 Å². The first-order chi connectivity index (χ1) is 8.64. The van der Waals surface area contributed by atoms with Gasteiger partial charge in [-0.1, -0.05) is 6.42 Å². The number of carbonyl (C=O) groups excluding carboxylic acids is 1. The Morgan fingerprint density at radius 2 is 2.21 bits per heavy atom. The first-order valence-corrected chi connectivity index (χ1v) is 6.80. The SMILES string of the molecule is CCOC1CC(NC(=O)C(N)COC)C12CCC2.Cl. The molecule has 0 bridgehead atoms. The van der Waals surface area contributed by atoms with Crippen LogP contribution in [0.2, 0.25) is 0 Å². The number of hydrogen-bond acceptors (Lipinski definition) is 4. The molecule has 0 aromatic rings. The molecule has 0 saturated heterocycles. The van der Waals surface area contributed by atoms with Crippen LogP contribution in [0.3, 0.4) is 0 Å². The van der Waals surface area contributed by atoms with Gasteiger partial charge in [0, 0.05) is 25.2 Å². The molecule has 2 saturated carbocycles. The van der Waals surface area contributed by atoms with Crippen LogP contribution in [0.25, 0.3) is 0 Å². The molecule has 0 heterocycles. The highest BCUT2D eigenvalue weighted by atomic mass is 35.5. The maximum absolute atomic E-state index is 11.9. The first kappa shape index (κ1) is 16.7. The summed E-state index contributed by atoms with van der Waals surface area (Å²) in [6, 6.07) is -0.337. The Bertz CT molecular complexity index is 310. The Kier molecular flexibility index (Phi) is 6.05. The second kappa shape index (κ2) is 6.88. The zero-order valence-corrected chi connectivity index (χ0v) is 12.5. The zero-order chi connectivity index (χ0) is 13.2. The van der Waals surface area contributed by atoms with Crippen LogP contribution in [-0.2, 0) is 14.3 Å². The Labute approximate surface area is 121 Å². The molecule has 3 N–H and O–H groups in total. The second-order valence-electron chi connectivity index (χ2n) is 5.39. The number of methoxy groups -OCH3 is 1. The molecule has 2 rings (SSSR count). The summed E-state index contributed by atoms with van der Waals surface area (Å²) in [7, 11) is 1.55. The van der Waals surface area contributed by atoms with Gasteiger partial charge in [0.05, 0.1) is 12.7 Å². The maximum Gasteiger partial charge on any atom is 0.239 e. The number of amides is 1. The molecule has 1 amide bonds. The van der Waals surface area contributed by atoms with Gasteiger partial charge in [-0.15, -0.1) is 12.4 Å². The number of rotatable bonds is 6. The lowest BCUT2D eigenvalue weighted by Crippen LogP contribution is -2.68. The van der Waals surface area contributed by atoms with Crippen LogP contribution in [0.4, 0.5) is 0 Å². The van der Waals surface area contributed by atoms with E-state index in [1.165, 1.54) is 6.42 Å². The average molecular weight is 293 g/mol. The fraction of sp³-hybridized carbons (Fsp3) is 0.923. The first-order valence-electron chi connectivity index (χ1n) is 6.80. The third kappa shape index (κ3) is 3.05. The summed E-state index contributed by atoms with van der Waals surface area (Å²) in [5.41, 5.74) is 5.92. The lowest BCUT2D eigenvalue weighted by molar-refractivity contribution is -0.176. The monoisotopic (exact) mass is 292 g/mol. The highest BCUT2D eigenvalue weighted by Crippen LogP contribution is 2.57. The number of carbonyl (C=O) groups is 1. The largest absolute Gasteiger partial charge is 0.383 e. The van der Waals surface area contributed by atoms with Gasteiger partial charge < -0.3 is 20.5 Å². The van der Waals surface area contributed by atoms with Crippen LogP contribution in [0.15, 0.2) is 0 Å². The van der Waals surface area contributed by atoms with E-state index in [1.807, 2.05) is 6.92 Å². The third-order valence-corrected chi connectivity index (χ3v) is 4.44. The Morgan fingerprint density at radius 3 is 2.68 bits per heavy atom. The molecule has 3 unspecified atom stereocenters. The van der Waals surface area contributed by atoms with Gasteiger partial charge in [-0.2, -0.15) is 0 Å². The number of hydrogen-bond donors (Lipinski definition) is 2. The molecule has 112 valence electrons. The zero-order valence-electron chi connectivity index (χ0n) is 11.7. The van der Waals surface area contributed by atoms with Crippen molar-refractivity contribution in [1.82, 2.24) is 5.32 Å². The minimum Gasteiger partial charge on any atom is -0.383 e. The summed E-state index contributed by atoms with van der Waals surface area (Å²) in [6.45, 7) is 3.03. The van der Waals surface area contributed by atoms with E-state index in [0.29, 0.717) is 6.10 Å². The van der Waals surface area contributed by atoms with E-state index in [2.05, 4.69) is 5.32 Å². The van der Waals surface area contributed by atoms with E-state index in [-0.39, 0.29) is 36.4 Å². The highest BCUT2D eigenvalue weighted by molar-refractivity contribution is 5.85. The van der Waals surface area contributed by atoms with E-state index < -0.39 is 6.04 Å². The van der Waals surface area contributed by atoms with Crippen molar-refractivity contribution in [3.05, 3.63) is 0 Å². The van der Waals surface area contributed by atoms with Crippen molar-refractivity contribution in [2.45, 2.75) is 50.8 Å². The van der Waals surface area contributed by atoms with Gasteiger partial charge in [-0.3, -0.25) is 4.79 Å². The van der Waals surface area contributed by atoms with Crippen molar-refractivity contribution in [1.29, 1.82) is 0 Å². The number of ether oxygens (including phenoxy) is 2. The van der Waals surface area contributed by atoms with Crippen LogP contribution < -0.4 is 11.1 Å². The topological polar surface area (TPSA) is 73.6 Å². The minimum atomic E-state index is -0.571. The van der Waals surface area contributed by atoms with Gasteiger partial charge in [0.25, 0.3) is 0 Å². The molecule has 5 nitrogen and oxygen atoms in total. The Balaban J connectivity index is 0.00000180. The van der Waals surface area contributed by atoms with Crippen molar-refractivity contribution in [2.24, 2.45) is 11.1 Å². The predicted molar refractivity (Wildman–Crippen MR) is 75.3 cm³/mol. The van der Waals surface area contributed by atoms with Crippen LogP contribution in [0, 0.1) is 5.41 Å². The normalized spacial score (nSPS) is 28.8. The van der Waals surface area contributed by atoms with Gasteiger partial charge in [-0.05, 0) is 26.2 Å². The van der Waals surface area contributed by atoms with Crippen molar-refractivity contribution in [3.63, 3.8) is 0 Å². The van der Waals surface area contributed by atoms with Gasteiger partial charge in [0.15, 0.2) is 0 Å². The molecule has 0 aliphatic heterocycles. The minimum absolute atomic E-state index is 0. The molecule has 3 atom stereocenters. The molecular formula is C13H25ClN2O3. The predicted octanol–water partition coefficient (Wildman–Crippen LogP) is 0.846. The molecule has 1 spiro atoms. The van der Waals surface area contributed by atoms with Gasteiger partial charge in [0.1, 0.15) is 6.04 Å². The molecule has 19 heavy (non-hydrogen) atoms. The lowest BCUT2D eigenvalue weighted by atomic mass is 9.51. The molecule has 6 heteroatoms. The second-order valence-corrected chi connectivity index (χ2v) is 5.39. The number of nitrogens with one attached hydrogen (secondary N) is 1. The van der Waals surface area contributed by atoms with Gasteiger partial charge >= 0.3 is 0 Å². The van der Waals surface area contributed by atoms with Crippen molar-refractivity contribution < 1.29 is 14.3 Å². The molecule has 0 radical (unpaired) electrons. The summed E-state index contributed by atoms with van der Waals surface area (Å²) in [5, 5.41) is 3.06. The smallest absolute Gasteiger partial charge is 0.239 e. The van der Waals surface area contributed by atoms with Crippen LogP contribution >= 0.6 is 12.4 Å². The quantitative estimate of drug-likeness (QED) is 0.761. The molecule has 2 aliphatic rings. The van der Waals surface area contributed by atoms with E-state index in [4.69, 9.17) is 15.2 Å². The van der Waals surface area contributed by atoms with E-state index >= 15 is 0 Å². The summed E-state index contributed by atoms with van der Waals surface area (Å²) < 4.78 is 10.6. The van der Waals surface area contributed by atoms with Crippen molar-refractivity contribution >= 4 is 18.3 Å². The van der Waals surface area contributed by atoms with Crippen LogP contribution in [-0.4, -0.2) is 44.4 Å². The third-order valence-electron chi connectivity index (χ3n) is 4.44. The van der Waals surface area contributed by atoms with E-state index in [1.54, 1.807) is 7.11 Å². The summed E-state index contributed by atoms with van der Waals surface area (Å²) in [6.07, 6.45) is 4.78. The Hall–Kier alpha value is -0.360. The van der Waals surface area contributed by atoms with Crippen molar-refractivity contribution in [2.75, 3.05) is 20.3 Å². The molecule has 0 aromatic heterocycles. The molecule has 0 aromatic carbocycles. The molecule has 2 fully saturated rings. The summed E-state index contributed by atoms with van der Waals surface area (Å²) in [4.78, 5) is 11.9. The molecule has 2 aliphatic carbocycles. The molecular weight excluding hydrogens is 268 g/mol.